The first kappa shape index (κ1) is 15.7. The summed E-state index contributed by atoms with van der Waals surface area (Å²) in [5.41, 5.74) is 2.68. The number of anilines is 1. The summed E-state index contributed by atoms with van der Waals surface area (Å²) in [6.45, 7) is 1.40. The van der Waals surface area contributed by atoms with Gasteiger partial charge in [-0.2, -0.15) is 0 Å². The number of carbonyl (C=O) groups excluding carboxylic acids is 1. The minimum absolute atomic E-state index is 0.0627. The van der Waals surface area contributed by atoms with E-state index >= 15 is 0 Å². The van der Waals surface area contributed by atoms with Crippen LogP contribution in [0.3, 0.4) is 0 Å². The van der Waals surface area contributed by atoms with Crippen molar-refractivity contribution in [2.24, 2.45) is 0 Å². The summed E-state index contributed by atoms with van der Waals surface area (Å²) in [7, 11) is 0. The van der Waals surface area contributed by atoms with Gasteiger partial charge in [0, 0.05) is 23.3 Å². The molecule has 2 aliphatic heterocycles. The summed E-state index contributed by atoms with van der Waals surface area (Å²) < 4.78 is 6.79. The summed E-state index contributed by atoms with van der Waals surface area (Å²) in [4.78, 5) is 15.0. The molecule has 5 heteroatoms. The van der Waals surface area contributed by atoms with Crippen LogP contribution in [0.4, 0.5) is 5.69 Å². The molecule has 1 fully saturated rings. The van der Waals surface area contributed by atoms with Crippen molar-refractivity contribution in [3.8, 4) is 0 Å². The third kappa shape index (κ3) is 2.94. The molecule has 0 spiro atoms. The van der Waals surface area contributed by atoms with Gasteiger partial charge in [0.1, 0.15) is 6.17 Å². The number of hydrogen-bond acceptors (Lipinski definition) is 3. The Bertz CT molecular complexity index is 741. The standard InChI is InChI=1S/C19H19BrN2O2/c20-14-9-7-13(8-10-14)18-21-17-6-2-1-5-16(17)19(23)22(18)12-15-4-3-11-24-15/h1-2,5-10,15,18,21H,3-4,11-12H2. The first-order chi connectivity index (χ1) is 11.7. The average Bonchev–Trinajstić information content (AvgIpc) is 3.11. The molecule has 2 aromatic rings. The molecule has 2 atom stereocenters. The highest BCUT2D eigenvalue weighted by atomic mass is 79.9. The average molecular weight is 387 g/mol. The molecule has 4 nitrogen and oxygen atoms in total. The maximum absolute atomic E-state index is 13.1. The van der Waals surface area contributed by atoms with Gasteiger partial charge in [0.25, 0.3) is 5.91 Å². The van der Waals surface area contributed by atoms with Crippen molar-refractivity contribution < 1.29 is 9.53 Å². The molecule has 4 rings (SSSR count). The second-order valence-electron chi connectivity index (χ2n) is 6.24. The van der Waals surface area contributed by atoms with E-state index in [4.69, 9.17) is 4.74 Å². The zero-order valence-electron chi connectivity index (χ0n) is 13.2. The topological polar surface area (TPSA) is 41.6 Å². The second-order valence-corrected chi connectivity index (χ2v) is 7.15. The van der Waals surface area contributed by atoms with Gasteiger partial charge in [0.15, 0.2) is 0 Å². The summed E-state index contributed by atoms with van der Waals surface area (Å²) >= 11 is 3.47. The number of para-hydroxylation sites is 1. The molecule has 1 amide bonds. The van der Waals surface area contributed by atoms with Crippen molar-refractivity contribution in [2.75, 3.05) is 18.5 Å². The largest absolute Gasteiger partial charge is 0.376 e. The van der Waals surface area contributed by atoms with Crippen LogP contribution in [0.5, 0.6) is 0 Å². The van der Waals surface area contributed by atoms with Crippen molar-refractivity contribution in [3.63, 3.8) is 0 Å². The SMILES string of the molecule is O=C1c2ccccc2NC(c2ccc(Br)cc2)N1CC1CCCO1. The van der Waals surface area contributed by atoms with Gasteiger partial charge < -0.3 is 15.0 Å². The molecule has 2 heterocycles. The van der Waals surface area contributed by atoms with Crippen molar-refractivity contribution in [3.05, 3.63) is 64.1 Å². The Morgan fingerprint density at radius 2 is 1.96 bits per heavy atom. The quantitative estimate of drug-likeness (QED) is 0.859. The molecule has 0 radical (unpaired) electrons. The smallest absolute Gasteiger partial charge is 0.257 e. The van der Waals surface area contributed by atoms with E-state index in [0.717, 1.165) is 40.7 Å². The van der Waals surface area contributed by atoms with Crippen LogP contribution in [-0.2, 0) is 4.74 Å². The molecule has 0 saturated carbocycles. The van der Waals surface area contributed by atoms with Crippen molar-refractivity contribution in [1.29, 1.82) is 0 Å². The fourth-order valence-electron chi connectivity index (χ4n) is 3.40. The zero-order valence-corrected chi connectivity index (χ0v) is 14.8. The van der Waals surface area contributed by atoms with Gasteiger partial charge in [-0.3, -0.25) is 4.79 Å². The molecule has 124 valence electrons. The lowest BCUT2D eigenvalue weighted by Gasteiger charge is -2.39. The molecular weight excluding hydrogens is 368 g/mol. The second kappa shape index (κ2) is 6.57. The first-order valence-corrected chi connectivity index (χ1v) is 9.05. The van der Waals surface area contributed by atoms with Gasteiger partial charge in [0.05, 0.1) is 11.7 Å². The van der Waals surface area contributed by atoms with E-state index in [-0.39, 0.29) is 18.2 Å². The van der Waals surface area contributed by atoms with E-state index < -0.39 is 0 Å². The lowest BCUT2D eigenvalue weighted by atomic mass is 10.0. The molecular formula is C19H19BrN2O2. The fraction of sp³-hybridized carbons (Fsp3) is 0.316. The van der Waals surface area contributed by atoms with E-state index in [1.54, 1.807) is 0 Å². The Balaban J connectivity index is 1.70. The van der Waals surface area contributed by atoms with Gasteiger partial charge in [-0.25, -0.2) is 0 Å². The molecule has 24 heavy (non-hydrogen) atoms. The Morgan fingerprint density at radius 1 is 1.17 bits per heavy atom. The maximum Gasteiger partial charge on any atom is 0.257 e. The van der Waals surface area contributed by atoms with Crippen LogP contribution >= 0.6 is 15.9 Å². The van der Waals surface area contributed by atoms with E-state index in [1.165, 1.54) is 0 Å². The van der Waals surface area contributed by atoms with Crippen LogP contribution in [0.15, 0.2) is 53.0 Å². The summed E-state index contributed by atoms with van der Waals surface area (Å²) in [6, 6.07) is 15.8. The van der Waals surface area contributed by atoms with Crippen LogP contribution in [0.25, 0.3) is 0 Å². The number of nitrogens with zero attached hydrogens (tertiary/aromatic N) is 1. The number of benzene rings is 2. The molecule has 0 bridgehead atoms. The number of rotatable bonds is 3. The number of hydrogen-bond donors (Lipinski definition) is 1. The van der Waals surface area contributed by atoms with Crippen LogP contribution in [0.2, 0.25) is 0 Å². The van der Waals surface area contributed by atoms with Gasteiger partial charge in [-0.15, -0.1) is 0 Å². The molecule has 2 aliphatic rings. The van der Waals surface area contributed by atoms with Crippen LogP contribution in [0, 0.1) is 0 Å². The van der Waals surface area contributed by atoms with Gasteiger partial charge in [0.2, 0.25) is 0 Å². The summed E-state index contributed by atoms with van der Waals surface area (Å²) in [5, 5.41) is 3.52. The number of nitrogens with one attached hydrogen (secondary N) is 1. The highest BCUT2D eigenvalue weighted by Gasteiger charge is 2.35. The number of halogens is 1. The Morgan fingerprint density at radius 3 is 2.71 bits per heavy atom. The van der Waals surface area contributed by atoms with Gasteiger partial charge in [-0.1, -0.05) is 40.2 Å². The number of ether oxygens (including phenoxy) is 1. The van der Waals surface area contributed by atoms with Crippen molar-refractivity contribution >= 4 is 27.5 Å². The highest BCUT2D eigenvalue weighted by Crippen LogP contribution is 2.34. The van der Waals surface area contributed by atoms with Crippen molar-refractivity contribution in [2.45, 2.75) is 25.1 Å². The molecule has 1 saturated heterocycles. The minimum Gasteiger partial charge on any atom is -0.376 e. The van der Waals surface area contributed by atoms with E-state index in [1.807, 2.05) is 53.4 Å². The van der Waals surface area contributed by atoms with Crippen LogP contribution in [0.1, 0.15) is 34.9 Å². The molecule has 1 N–H and O–H groups in total. The Labute approximate surface area is 149 Å². The first-order valence-electron chi connectivity index (χ1n) is 8.26. The third-order valence-corrected chi connectivity index (χ3v) is 5.16. The predicted octanol–water partition coefficient (Wildman–Crippen LogP) is 4.19. The number of amides is 1. The van der Waals surface area contributed by atoms with E-state index in [0.29, 0.717) is 6.54 Å². The third-order valence-electron chi connectivity index (χ3n) is 4.63. The number of fused-ring (bicyclic) bond motifs is 1. The lowest BCUT2D eigenvalue weighted by Crippen LogP contribution is -2.46. The van der Waals surface area contributed by atoms with Gasteiger partial charge in [-0.05, 0) is 42.7 Å². The zero-order chi connectivity index (χ0) is 16.5. The molecule has 2 aromatic carbocycles. The van der Waals surface area contributed by atoms with Gasteiger partial charge >= 0.3 is 0 Å². The normalized spacial score (nSPS) is 23.0. The maximum atomic E-state index is 13.1. The summed E-state index contributed by atoms with van der Waals surface area (Å²) in [6.07, 6.45) is 2.03. The Kier molecular flexibility index (Phi) is 4.29. The lowest BCUT2D eigenvalue weighted by molar-refractivity contribution is 0.0427. The van der Waals surface area contributed by atoms with Crippen LogP contribution in [-0.4, -0.2) is 30.1 Å². The number of carbonyl (C=O) groups is 1. The fourth-order valence-corrected chi connectivity index (χ4v) is 3.66. The van der Waals surface area contributed by atoms with E-state index in [2.05, 4.69) is 21.2 Å². The predicted molar refractivity (Wildman–Crippen MR) is 97.0 cm³/mol. The van der Waals surface area contributed by atoms with Crippen molar-refractivity contribution in [1.82, 2.24) is 4.90 Å². The minimum atomic E-state index is -0.176. The summed E-state index contributed by atoms with van der Waals surface area (Å²) in [5.74, 6) is 0.0627. The molecule has 2 unspecified atom stereocenters. The molecule has 0 aromatic heterocycles. The monoisotopic (exact) mass is 386 g/mol. The Hall–Kier alpha value is -1.85. The van der Waals surface area contributed by atoms with E-state index in [9.17, 15) is 4.79 Å². The van der Waals surface area contributed by atoms with Crippen LogP contribution < -0.4 is 5.32 Å². The molecule has 0 aliphatic carbocycles. The highest BCUT2D eigenvalue weighted by molar-refractivity contribution is 9.10.